The van der Waals surface area contributed by atoms with E-state index in [-0.39, 0.29) is 5.75 Å². The van der Waals surface area contributed by atoms with E-state index < -0.39 is 12.4 Å². The fraction of sp³-hybridized carbons (Fsp3) is 0.333. The molecule has 0 bridgehead atoms. The number of ether oxygens (including phenoxy) is 1. The van der Waals surface area contributed by atoms with Crippen LogP contribution in [0.25, 0.3) is 0 Å². The highest BCUT2D eigenvalue weighted by atomic mass is 19.4. The van der Waals surface area contributed by atoms with Crippen LogP contribution in [0, 0.1) is 0 Å². The number of anilines is 1. The number of hydrogen-bond acceptors (Lipinski definition) is 3. The lowest BCUT2D eigenvalue weighted by Crippen LogP contribution is -2.21. The standard InChI is InChI=1S/C18H21F3N2O/c1-3-23(4-2)15-9-5-13(6-10-15)17(22)14-7-11-16(12-8-14)24-18(19,20)21/h5-12,17H,3-4,22H2,1-2H3/t17-/m0/s1. The van der Waals surface area contributed by atoms with Gasteiger partial charge in [0.1, 0.15) is 5.75 Å². The van der Waals surface area contributed by atoms with E-state index in [2.05, 4.69) is 23.5 Å². The molecule has 0 saturated heterocycles. The van der Waals surface area contributed by atoms with E-state index in [1.54, 1.807) is 12.1 Å². The lowest BCUT2D eigenvalue weighted by atomic mass is 9.99. The molecule has 0 spiro atoms. The van der Waals surface area contributed by atoms with Crippen LogP contribution < -0.4 is 15.4 Å². The first kappa shape index (κ1) is 18.1. The predicted molar refractivity (Wildman–Crippen MR) is 89.2 cm³/mol. The van der Waals surface area contributed by atoms with Gasteiger partial charge in [0.15, 0.2) is 0 Å². The molecule has 0 aromatic heterocycles. The third-order valence-electron chi connectivity index (χ3n) is 3.85. The van der Waals surface area contributed by atoms with Crippen LogP contribution in [0.3, 0.4) is 0 Å². The quantitative estimate of drug-likeness (QED) is 0.844. The van der Waals surface area contributed by atoms with E-state index in [1.165, 1.54) is 12.1 Å². The lowest BCUT2D eigenvalue weighted by Gasteiger charge is -2.22. The van der Waals surface area contributed by atoms with E-state index in [4.69, 9.17) is 5.73 Å². The molecule has 1 atom stereocenters. The minimum atomic E-state index is -4.69. The Kier molecular flexibility index (Phi) is 5.72. The molecule has 0 heterocycles. The van der Waals surface area contributed by atoms with Gasteiger partial charge in [-0.1, -0.05) is 24.3 Å². The molecule has 0 amide bonds. The number of alkyl halides is 3. The number of nitrogens with two attached hydrogens (primary N) is 1. The highest BCUT2D eigenvalue weighted by molar-refractivity contribution is 5.49. The fourth-order valence-corrected chi connectivity index (χ4v) is 2.55. The third-order valence-corrected chi connectivity index (χ3v) is 3.85. The van der Waals surface area contributed by atoms with Gasteiger partial charge in [-0.3, -0.25) is 0 Å². The molecule has 130 valence electrons. The van der Waals surface area contributed by atoms with Gasteiger partial charge in [-0.25, -0.2) is 0 Å². The minimum Gasteiger partial charge on any atom is -0.406 e. The Morgan fingerprint density at radius 1 is 0.917 bits per heavy atom. The van der Waals surface area contributed by atoms with Crippen molar-refractivity contribution in [3.05, 3.63) is 59.7 Å². The van der Waals surface area contributed by atoms with Crippen molar-refractivity contribution < 1.29 is 17.9 Å². The van der Waals surface area contributed by atoms with Gasteiger partial charge in [0.2, 0.25) is 0 Å². The van der Waals surface area contributed by atoms with Gasteiger partial charge in [0, 0.05) is 18.8 Å². The smallest absolute Gasteiger partial charge is 0.406 e. The van der Waals surface area contributed by atoms with Crippen molar-refractivity contribution in [2.45, 2.75) is 26.3 Å². The fourth-order valence-electron chi connectivity index (χ4n) is 2.55. The zero-order valence-corrected chi connectivity index (χ0v) is 13.7. The Labute approximate surface area is 139 Å². The molecule has 0 aliphatic carbocycles. The zero-order valence-electron chi connectivity index (χ0n) is 13.7. The molecular formula is C18H21F3N2O. The van der Waals surface area contributed by atoms with Crippen LogP contribution in [0.2, 0.25) is 0 Å². The van der Waals surface area contributed by atoms with Crippen LogP contribution in [0.4, 0.5) is 18.9 Å². The van der Waals surface area contributed by atoms with E-state index >= 15 is 0 Å². The van der Waals surface area contributed by atoms with Crippen LogP contribution in [-0.4, -0.2) is 19.5 Å². The highest BCUT2D eigenvalue weighted by Gasteiger charge is 2.31. The molecule has 2 N–H and O–H groups in total. The van der Waals surface area contributed by atoms with E-state index in [0.29, 0.717) is 0 Å². The van der Waals surface area contributed by atoms with E-state index in [9.17, 15) is 13.2 Å². The summed E-state index contributed by atoms with van der Waals surface area (Å²) in [6.45, 7) is 6.02. The van der Waals surface area contributed by atoms with Crippen LogP contribution in [0.15, 0.2) is 48.5 Å². The normalized spacial score (nSPS) is 12.8. The summed E-state index contributed by atoms with van der Waals surface area (Å²) in [5, 5.41) is 0. The van der Waals surface area contributed by atoms with Gasteiger partial charge in [0.05, 0.1) is 6.04 Å². The minimum absolute atomic E-state index is 0.254. The van der Waals surface area contributed by atoms with Gasteiger partial charge in [-0.15, -0.1) is 13.2 Å². The van der Waals surface area contributed by atoms with Crippen molar-refractivity contribution in [3.8, 4) is 5.75 Å². The average Bonchev–Trinajstić information content (AvgIpc) is 2.55. The lowest BCUT2D eigenvalue weighted by molar-refractivity contribution is -0.274. The van der Waals surface area contributed by atoms with Crippen molar-refractivity contribution in [1.29, 1.82) is 0 Å². The number of rotatable bonds is 6. The Hall–Kier alpha value is -2.21. The Morgan fingerprint density at radius 3 is 1.79 bits per heavy atom. The molecule has 2 rings (SSSR count). The first-order valence-corrected chi connectivity index (χ1v) is 7.80. The van der Waals surface area contributed by atoms with Gasteiger partial charge < -0.3 is 15.4 Å². The predicted octanol–water partition coefficient (Wildman–Crippen LogP) is 4.48. The second kappa shape index (κ2) is 7.57. The Bertz CT molecular complexity index is 635. The number of benzene rings is 2. The molecule has 0 aliphatic rings. The second-order valence-electron chi connectivity index (χ2n) is 5.36. The highest BCUT2D eigenvalue weighted by Crippen LogP contribution is 2.27. The Balaban J connectivity index is 2.12. The first-order valence-electron chi connectivity index (χ1n) is 7.80. The summed E-state index contributed by atoms with van der Waals surface area (Å²) in [7, 11) is 0. The summed E-state index contributed by atoms with van der Waals surface area (Å²) in [5.74, 6) is -0.254. The van der Waals surface area contributed by atoms with Gasteiger partial charge in [-0.05, 0) is 49.2 Å². The SMILES string of the molecule is CCN(CC)c1ccc([C@H](N)c2ccc(OC(F)(F)F)cc2)cc1. The maximum absolute atomic E-state index is 12.2. The van der Waals surface area contributed by atoms with Crippen LogP contribution >= 0.6 is 0 Å². The summed E-state index contributed by atoms with van der Waals surface area (Å²) >= 11 is 0. The largest absolute Gasteiger partial charge is 0.573 e. The molecular weight excluding hydrogens is 317 g/mol. The van der Waals surface area contributed by atoms with E-state index in [0.717, 1.165) is 29.9 Å². The van der Waals surface area contributed by atoms with Crippen LogP contribution in [0.5, 0.6) is 5.75 Å². The zero-order chi connectivity index (χ0) is 17.7. The topological polar surface area (TPSA) is 38.5 Å². The van der Waals surface area contributed by atoms with Gasteiger partial charge in [0.25, 0.3) is 0 Å². The summed E-state index contributed by atoms with van der Waals surface area (Å²) in [6.07, 6.45) is -4.69. The number of halogens is 3. The molecule has 0 radical (unpaired) electrons. The van der Waals surface area contributed by atoms with Crippen molar-refractivity contribution >= 4 is 5.69 Å². The first-order chi connectivity index (χ1) is 11.3. The monoisotopic (exact) mass is 338 g/mol. The molecule has 0 aliphatic heterocycles. The number of hydrogen-bond donors (Lipinski definition) is 1. The Morgan fingerprint density at radius 2 is 1.38 bits per heavy atom. The molecule has 6 heteroatoms. The van der Waals surface area contributed by atoms with Crippen LogP contribution in [-0.2, 0) is 0 Å². The molecule has 24 heavy (non-hydrogen) atoms. The summed E-state index contributed by atoms with van der Waals surface area (Å²) < 4.78 is 40.4. The van der Waals surface area contributed by atoms with Gasteiger partial charge in [-0.2, -0.15) is 0 Å². The van der Waals surface area contributed by atoms with Crippen LogP contribution in [0.1, 0.15) is 31.0 Å². The summed E-state index contributed by atoms with van der Waals surface area (Å²) in [6, 6.07) is 13.1. The number of nitrogens with zero attached hydrogens (tertiary/aromatic N) is 1. The van der Waals surface area contributed by atoms with Crippen molar-refractivity contribution in [1.82, 2.24) is 0 Å². The molecule has 0 saturated carbocycles. The molecule has 2 aromatic carbocycles. The maximum atomic E-state index is 12.2. The van der Waals surface area contributed by atoms with Gasteiger partial charge >= 0.3 is 6.36 Å². The summed E-state index contributed by atoms with van der Waals surface area (Å²) in [4.78, 5) is 2.22. The van der Waals surface area contributed by atoms with Crippen molar-refractivity contribution in [3.63, 3.8) is 0 Å². The van der Waals surface area contributed by atoms with Crippen molar-refractivity contribution in [2.75, 3.05) is 18.0 Å². The average molecular weight is 338 g/mol. The maximum Gasteiger partial charge on any atom is 0.573 e. The third kappa shape index (κ3) is 4.64. The van der Waals surface area contributed by atoms with E-state index in [1.807, 2.05) is 24.3 Å². The molecule has 0 unspecified atom stereocenters. The van der Waals surface area contributed by atoms with Crippen molar-refractivity contribution in [2.24, 2.45) is 5.73 Å². The molecule has 2 aromatic rings. The second-order valence-corrected chi connectivity index (χ2v) is 5.36. The molecule has 3 nitrogen and oxygen atoms in total. The molecule has 0 fully saturated rings. The summed E-state index contributed by atoms with van der Waals surface area (Å²) in [5.41, 5.74) is 8.94.